The van der Waals surface area contributed by atoms with Gasteiger partial charge in [0.05, 0.1) is 0 Å². The lowest BCUT2D eigenvalue weighted by molar-refractivity contribution is 0.466. The van der Waals surface area contributed by atoms with Crippen molar-refractivity contribution in [3.05, 3.63) is 84.9 Å². The van der Waals surface area contributed by atoms with Crippen molar-refractivity contribution in [3.63, 3.8) is 0 Å². The zero-order valence-corrected chi connectivity index (χ0v) is 14.9. The molecule has 0 fully saturated rings. The van der Waals surface area contributed by atoms with Gasteiger partial charge in [-0.1, -0.05) is 72.8 Å². The maximum Gasteiger partial charge on any atom is 0.131 e. The van der Waals surface area contributed by atoms with Crippen molar-refractivity contribution in [3.8, 4) is 56.4 Å². The van der Waals surface area contributed by atoms with Crippen molar-refractivity contribution in [2.75, 3.05) is 0 Å². The van der Waals surface area contributed by atoms with Gasteiger partial charge < -0.3 is 20.4 Å². The molecule has 0 amide bonds. The van der Waals surface area contributed by atoms with Gasteiger partial charge in [-0.3, -0.25) is 0 Å². The smallest absolute Gasteiger partial charge is 0.131 e. The molecule has 4 aromatic carbocycles. The van der Waals surface area contributed by atoms with Gasteiger partial charge in [0.15, 0.2) is 0 Å². The van der Waals surface area contributed by atoms with E-state index in [9.17, 15) is 20.4 Å². The van der Waals surface area contributed by atoms with Gasteiger partial charge in [0, 0.05) is 33.4 Å². The molecule has 0 aliphatic heterocycles. The van der Waals surface area contributed by atoms with Crippen LogP contribution in [0.25, 0.3) is 33.4 Å². The Hall–Kier alpha value is -3.92. The number of phenolic OH excluding ortho intramolecular Hbond substituents is 4. The third-order valence-corrected chi connectivity index (χ3v) is 4.75. The largest absolute Gasteiger partial charge is 0.507 e. The van der Waals surface area contributed by atoms with E-state index in [2.05, 4.69) is 0 Å². The first-order chi connectivity index (χ1) is 13.6. The van der Waals surface area contributed by atoms with E-state index in [0.717, 1.165) is 0 Å². The minimum atomic E-state index is -0.0475. The molecule has 0 aliphatic carbocycles. The van der Waals surface area contributed by atoms with E-state index in [1.54, 1.807) is 84.9 Å². The summed E-state index contributed by atoms with van der Waals surface area (Å²) in [5, 5.41) is 42.1. The van der Waals surface area contributed by atoms with Crippen LogP contribution in [0.5, 0.6) is 23.0 Å². The van der Waals surface area contributed by atoms with Crippen LogP contribution >= 0.6 is 0 Å². The summed E-state index contributed by atoms with van der Waals surface area (Å²) in [5.41, 5.74) is 2.77. The molecule has 0 aliphatic rings. The van der Waals surface area contributed by atoms with E-state index in [0.29, 0.717) is 33.4 Å². The van der Waals surface area contributed by atoms with Gasteiger partial charge in [0.2, 0.25) is 0 Å². The number of rotatable bonds is 3. The molecule has 4 heteroatoms. The Kier molecular flexibility index (Phi) is 4.38. The van der Waals surface area contributed by atoms with E-state index in [-0.39, 0.29) is 23.0 Å². The van der Waals surface area contributed by atoms with Crippen molar-refractivity contribution in [2.24, 2.45) is 0 Å². The van der Waals surface area contributed by atoms with Gasteiger partial charge in [0.25, 0.3) is 0 Å². The minimum absolute atomic E-state index is 0.0475. The van der Waals surface area contributed by atoms with Crippen LogP contribution in [0.3, 0.4) is 0 Å². The van der Waals surface area contributed by atoms with Crippen LogP contribution in [-0.4, -0.2) is 20.4 Å². The fourth-order valence-corrected chi connectivity index (χ4v) is 3.36. The molecule has 138 valence electrons. The lowest BCUT2D eigenvalue weighted by Crippen LogP contribution is -1.88. The second kappa shape index (κ2) is 7.00. The molecule has 4 rings (SSSR count). The standard InChI is InChI=1S/C24H18O4/c25-21-13-3-1-7-15(21)17-9-5-11-19(23(17)27)20-12-6-10-18(24(20)28)16-8-2-4-14-22(16)26/h1-14,25-28H. The summed E-state index contributed by atoms with van der Waals surface area (Å²) in [6.07, 6.45) is 0. The highest BCUT2D eigenvalue weighted by molar-refractivity contribution is 5.90. The monoisotopic (exact) mass is 370 g/mol. The average molecular weight is 370 g/mol. The highest BCUT2D eigenvalue weighted by Crippen LogP contribution is 2.46. The Morgan fingerprint density at radius 2 is 0.607 bits per heavy atom. The van der Waals surface area contributed by atoms with E-state index in [4.69, 9.17) is 0 Å². The minimum Gasteiger partial charge on any atom is -0.507 e. The van der Waals surface area contributed by atoms with Crippen molar-refractivity contribution in [1.82, 2.24) is 0 Å². The highest BCUT2D eigenvalue weighted by Gasteiger charge is 2.18. The first-order valence-corrected chi connectivity index (χ1v) is 8.79. The van der Waals surface area contributed by atoms with Crippen LogP contribution in [0, 0.1) is 0 Å². The van der Waals surface area contributed by atoms with Crippen LogP contribution in [0.4, 0.5) is 0 Å². The van der Waals surface area contributed by atoms with Crippen molar-refractivity contribution < 1.29 is 20.4 Å². The van der Waals surface area contributed by atoms with E-state index in [1.165, 1.54) is 0 Å². The molecule has 4 aromatic rings. The third kappa shape index (κ3) is 2.91. The third-order valence-electron chi connectivity index (χ3n) is 4.75. The summed E-state index contributed by atoms with van der Waals surface area (Å²) >= 11 is 0. The second-order valence-electron chi connectivity index (χ2n) is 6.44. The lowest BCUT2D eigenvalue weighted by Gasteiger charge is -2.15. The zero-order chi connectivity index (χ0) is 19.7. The quantitative estimate of drug-likeness (QED) is 0.383. The van der Waals surface area contributed by atoms with E-state index in [1.807, 2.05) is 0 Å². The molecule has 0 heterocycles. The molecule has 0 saturated carbocycles. The van der Waals surface area contributed by atoms with Crippen molar-refractivity contribution in [2.45, 2.75) is 0 Å². The fraction of sp³-hybridized carbons (Fsp3) is 0. The van der Waals surface area contributed by atoms with Gasteiger partial charge >= 0.3 is 0 Å². The summed E-state index contributed by atoms with van der Waals surface area (Å²) in [6.45, 7) is 0. The molecule has 0 spiro atoms. The van der Waals surface area contributed by atoms with Gasteiger partial charge in [-0.05, 0) is 12.1 Å². The van der Waals surface area contributed by atoms with Crippen LogP contribution in [0.2, 0.25) is 0 Å². The molecule has 4 nitrogen and oxygen atoms in total. The van der Waals surface area contributed by atoms with Gasteiger partial charge in [0.1, 0.15) is 23.0 Å². The summed E-state index contributed by atoms with van der Waals surface area (Å²) < 4.78 is 0. The topological polar surface area (TPSA) is 80.9 Å². The van der Waals surface area contributed by atoms with Gasteiger partial charge in [-0.2, -0.15) is 0 Å². The fourth-order valence-electron chi connectivity index (χ4n) is 3.36. The molecule has 0 unspecified atom stereocenters. The van der Waals surface area contributed by atoms with Crippen LogP contribution in [0.1, 0.15) is 0 Å². The maximum absolute atomic E-state index is 10.9. The lowest BCUT2D eigenvalue weighted by atomic mass is 9.93. The van der Waals surface area contributed by atoms with E-state index < -0.39 is 0 Å². The molecule has 0 aromatic heterocycles. The second-order valence-corrected chi connectivity index (χ2v) is 6.44. The Bertz CT molecular complexity index is 1070. The normalized spacial score (nSPS) is 10.7. The summed E-state index contributed by atoms with van der Waals surface area (Å²) in [7, 11) is 0. The first kappa shape index (κ1) is 17.5. The van der Waals surface area contributed by atoms with Crippen LogP contribution in [0.15, 0.2) is 84.9 Å². The maximum atomic E-state index is 10.9. The molecule has 0 radical (unpaired) electrons. The molecule has 28 heavy (non-hydrogen) atoms. The number of benzene rings is 4. The summed E-state index contributed by atoms with van der Waals surface area (Å²) in [4.78, 5) is 0. The number of aromatic hydroxyl groups is 4. The summed E-state index contributed by atoms with van der Waals surface area (Å²) in [5.74, 6) is 0.0201. The number of hydrogen-bond donors (Lipinski definition) is 4. The molecule has 4 N–H and O–H groups in total. The Morgan fingerprint density at radius 3 is 0.964 bits per heavy atom. The van der Waals surface area contributed by atoms with Gasteiger partial charge in [-0.25, -0.2) is 0 Å². The van der Waals surface area contributed by atoms with Crippen molar-refractivity contribution in [1.29, 1.82) is 0 Å². The average Bonchev–Trinajstić information content (AvgIpc) is 2.70. The number of phenols is 4. The molecule has 0 atom stereocenters. The number of para-hydroxylation sites is 4. The van der Waals surface area contributed by atoms with Crippen molar-refractivity contribution >= 4 is 0 Å². The first-order valence-electron chi connectivity index (χ1n) is 8.79. The molecule has 0 bridgehead atoms. The SMILES string of the molecule is Oc1ccccc1-c1cccc(-c2cccc(-c3ccccc3O)c2O)c1O. The van der Waals surface area contributed by atoms with Crippen LogP contribution < -0.4 is 0 Å². The zero-order valence-electron chi connectivity index (χ0n) is 14.9. The number of hydrogen-bond acceptors (Lipinski definition) is 4. The highest BCUT2D eigenvalue weighted by atomic mass is 16.3. The Balaban J connectivity index is 1.90. The van der Waals surface area contributed by atoms with Gasteiger partial charge in [-0.15, -0.1) is 0 Å². The predicted octanol–water partition coefficient (Wildman–Crippen LogP) is 5.51. The predicted molar refractivity (Wildman–Crippen MR) is 109 cm³/mol. The Morgan fingerprint density at radius 1 is 0.321 bits per heavy atom. The Labute approximate surface area is 162 Å². The molecule has 0 saturated heterocycles. The molecular weight excluding hydrogens is 352 g/mol. The summed E-state index contributed by atoms with van der Waals surface area (Å²) in [6, 6.07) is 23.8. The molecular formula is C24H18O4. The van der Waals surface area contributed by atoms with E-state index >= 15 is 0 Å². The van der Waals surface area contributed by atoms with Crippen LogP contribution in [-0.2, 0) is 0 Å².